The van der Waals surface area contributed by atoms with Crippen molar-refractivity contribution in [3.63, 3.8) is 0 Å². The van der Waals surface area contributed by atoms with Gasteiger partial charge < -0.3 is 19.6 Å². The zero-order chi connectivity index (χ0) is 26.5. The molecule has 2 aromatic heterocycles. The predicted molar refractivity (Wildman–Crippen MR) is 141 cm³/mol. The van der Waals surface area contributed by atoms with Gasteiger partial charge in [0.2, 0.25) is 0 Å². The lowest BCUT2D eigenvalue weighted by Gasteiger charge is -2.09. The van der Waals surface area contributed by atoms with Crippen molar-refractivity contribution in [3.8, 4) is 11.8 Å². The summed E-state index contributed by atoms with van der Waals surface area (Å²) in [7, 11) is -0.149. The van der Waals surface area contributed by atoms with Gasteiger partial charge in [0.1, 0.15) is 11.5 Å². The number of nitrogens with two attached hydrogens (primary N) is 1. The molecule has 0 unspecified atom stereocenters. The number of nitrogens with zero attached hydrogens (tertiary/aromatic N) is 4. The molecule has 0 saturated heterocycles. The van der Waals surface area contributed by atoms with E-state index in [2.05, 4.69) is 31.6 Å². The van der Waals surface area contributed by atoms with Crippen LogP contribution < -0.4 is 11.1 Å². The highest BCUT2D eigenvalue weighted by Gasteiger charge is 2.12. The van der Waals surface area contributed by atoms with Crippen molar-refractivity contribution in [1.29, 1.82) is 0 Å². The Morgan fingerprint density at radius 3 is 2.57 bits per heavy atom. The molecular weight excluding hydrogens is 488 g/mol. The van der Waals surface area contributed by atoms with Gasteiger partial charge >= 0.3 is 0 Å². The number of hydrogen-bond acceptors (Lipinski definition) is 7. The fraction of sp³-hybridized carbons (Fsp3) is 0.111. The molecule has 0 fully saturated rings. The van der Waals surface area contributed by atoms with Crippen LogP contribution in [0.25, 0.3) is 0 Å². The first-order valence-electron chi connectivity index (χ1n) is 11.1. The Hall–Kier alpha value is -4.75. The van der Waals surface area contributed by atoms with Gasteiger partial charge in [-0.2, -0.15) is 15.7 Å². The summed E-state index contributed by atoms with van der Waals surface area (Å²) in [6.07, 6.45) is 1.28. The fourth-order valence-electron chi connectivity index (χ4n) is 3.45. The summed E-state index contributed by atoms with van der Waals surface area (Å²) in [5, 5.41) is 7.02. The number of amides is 2. The Labute approximate surface area is 216 Å². The summed E-state index contributed by atoms with van der Waals surface area (Å²) in [5.74, 6) is 5.04. The van der Waals surface area contributed by atoms with E-state index in [-0.39, 0.29) is 17.3 Å². The lowest BCUT2D eigenvalue weighted by Crippen LogP contribution is -2.16. The summed E-state index contributed by atoms with van der Waals surface area (Å²) in [6.45, 7) is 3.61. The smallest absolute Gasteiger partial charge is 0.273 e. The number of hydrogen-bond donors (Lipinski definition) is 2. The molecule has 0 saturated carbocycles. The van der Waals surface area contributed by atoms with Gasteiger partial charge in [0.15, 0.2) is 0 Å². The van der Waals surface area contributed by atoms with Crippen molar-refractivity contribution in [1.82, 2.24) is 14.8 Å². The molecule has 4 aromatic rings. The van der Waals surface area contributed by atoms with Gasteiger partial charge in [0.25, 0.3) is 11.8 Å². The van der Waals surface area contributed by atoms with E-state index in [9.17, 15) is 13.8 Å². The summed E-state index contributed by atoms with van der Waals surface area (Å²) >= 11 is 0. The number of nitrogen functional groups attached to an aromatic ring is 1. The quantitative estimate of drug-likeness (QED) is 0.314. The summed E-state index contributed by atoms with van der Waals surface area (Å²) in [6, 6.07) is 17.2. The van der Waals surface area contributed by atoms with Crippen molar-refractivity contribution in [2.24, 2.45) is 11.4 Å². The van der Waals surface area contributed by atoms with Gasteiger partial charge in [0.05, 0.1) is 16.8 Å². The van der Waals surface area contributed by atoms with E-state index in [0.29, 0.717) is 27.4 Å². The number of aromatic nitrogens is 3. The molecule has 0 aliphatic heterocycles. The van der Waals surface area contributed by atoms with E-state index in [4.69, 9.17) is 5.73 Å². The fourth-order valence-corrected chi connectivity index (χ4v) is 4.35. The monoisotopic (exact) mass is 511 g/mol. The number of rotatable bonds is 4. The van der Waals surface area contributed by atoms with Crippen molar-refractivity contribution in [2.45, 2.75) is 18.7 Å². The van der Waals surface area contributed by atoms with Crippen LogP contribution in [-0.2, 0) is 21.9 Å². The first-order valence-corrected chi connectivity index (χ1v) is 12.2. The SMILES string of the molecule is Cc1cc(C(=O)Nc2cccc(C#Cc3cc(C(=O)N=[S-](=O)c4ccccc4C)cnc3N)c2)n(C)n1. The van der Waals surface area contributed by atoms with Crippen LogP contribution in [0.5, 0.6) is 0 Å². The molecule has 0 aliphatic rings. The van der Waals surface area contributed by atoms with E-state index in [1.54, 1.807) is 62.5 Å². The van der Waals surface area contributed by atoms with Gasteiger partial charge in [-0.3, -0.25) is 14.3 Å². The molecule has 9 nitrogen and oxygen atoms in total. The minimum absolute atomic E-state index is 0.118. The second kappa shape index (κ2) is 10.9. The summed E-state index contributed by atoms with van der Waals surface area (Å²) in [4.78, 5) is 29.7. The molecule has 186 valence electrons. The van der Waals surface area contributed by atoms with Gasteiger partial charge in [-0.05, 0) is 44.2 Å². The van der Waals surface area contributed by atoms with Crippen LogP contribution in [0.3, 0.4) is 0 Å². The van der Waals surface area contributed by atoms with Gasteiger partial charge in [0, 0.05) is 24.5 Å². The van der Waals surface area contributed by atoms with E-state index in [1.165, 1.54) is 16.9 Å². The lowest BCUT2D eigenvalue weighted by atomic mass is 10.1. The molecule has 2 heterocycles. The molecule has 2 amide bonds. The zero-order valence-electron chi connectivity index (χ0n) is 20.4. The zero-order valence-corrected chi connectivity index (χ0v) is 21.2. The molecule has 4 rings (SSSR count). The van der Waals surface area contributed by atoms with Crippen molar-refractivity contribution in [3.05, 3.63) is 101 Å². The standard InChI is InChI=1S/C27H23N6O3S/c1-17-7-4-5-10-24(17)37(36)32-26(34)21-15-20(25(28)29-16-21)12-11-19-8-6-9-22(14-19)30-27(35)23-13-18(2)31-33(23)3/h4-10,13-16H,1-3H3,(H2,28,29)(H,30,35)/q-1. The maximum Gasteiger partial charge on any atom is 0.273 e. The van der Waals surface area contributed by atoms with Crippen molar-refractivity contribution in [2.75, 3.05) is 11.1 Å². The average Bonchev–Trinajstić information content (AvgIpc) is 3.21. The Balaban J connectivity index is 1.55. The molecule has 0 radical (unpaired) electrons. The van der Waals surface area contributed by atoms with Crippen LogP contribution in [0.2, 0.25) is 0 Å². The minimum Gasteiger partial charge on any atom is -0.440 e. The molecule has 0 bridgehead atoms. The third-order valence-electron chi connectivity index (χ3n) is 5.31. The van der Waals surface area contributed by atoms with Crippen LogP contribution >= 0.6 is 0 Å². The maximum atomic E-state index is 12.6. The molecular formula is C27H23N6O3S-. The molecule has 2 aromatic carbocycles. The lowest BCUT2D eigenvalue weighted by molar-refractivity contribution is 0.1000. The highest BCUT2D eigenvalue weighted by molar-refractivity contribution is 7.75. The maximum absolute atomic E-state index is 12.6. The van der Waals surface area contributed by atoms with Crippen LogP contribution in [-0.4, -0.2) is 26.6 Å². The molecule has 3 N–H and O–H groups in total. The largest absolute Gasteiger partial charge is 0.440 e. The Kier molecular flexibility index (Phi) is 7.46. The highest BCUT2D eigenvalue weighted by atomic mass is 32.2. The van der Waals surface area contributed by atoms with Crippen LogP contribution in [0.4, 0.5) is 11.5 Å². The number of nitrogens with one attached hydrogen (secondary N) is 1. The van der Waals surface area contributed by atoms with Gasteiger partial charge in [-0.25, -0.2) is 4.98 Å². The predicted octanol–water partition coefficient (Wildman–Crippen LogP) is 4.01. The Morgan fingerprint density at radius 2 is 1.84 bits per heavy atom. The Bertz CT molecular complexity index is 1670. The highest BCUT2D eigenvalue weighted by Crippen LogP contribution is 2.15. The second-order valence-corrected chi connectivity index (χ2v) is 9.27. The Morgan fingerprint density at radius 1 is 1.05 bits per heavy atom. The molecule has 0 aliphatic carbocycles. The average molecular weight is 512 g/mol. The van der Waals surface area contributed by atoms with E-state index < -0.39 is 16.5 Å². The number of carbonyl (C=O) groups excluding carboxylic acids is 2. The van der Waals surface area contributed by atoms with E-state index in [1.807, 2.05) is 13.0 Å². The number of carbonyl (C=O) groups is 2. The number of anilines is 2. The molecule has 0 spiro atoms. The van der Waals surface area contributed by atoms with Crippen LogP contribution in [0, 0.1) is 25.7 Å². The summed E-state index contributed by atoms with van der Waals surface area (Å²) in [5.41, 5.74) is 9.52. The third-order valence-corrected chi connectivity index (χ3v) is 6.48. The second-order valence-electron chi connectivity index (χ2n) is 8.15. The molecule has 0 atom stereocenters. The number of benzene rings is 2. The van der Waals surface area contributed by atoms with Crippen molar-refractivity contribution >= 4 is 33.9 Å². The molecule has 37 heavy (non-hydrogen) atoms. The van der Waals surface area contributed by atoms with Gasteiger partial charge in [-0.15, -0.1) is 0 Å². The van der Waals surface area contributed by atoms with Gasteiger partial charge in [-0.1, -0.05) is 52.6 Å². The minimum atomic E-state index is -1.85. The molecule has 10 heteroatoms. The topological polar surface area (TPSA) is 132 Å². The third kappa shape index (κ3) is 6.09. The van der Waals surface area contributed by atoms with Crippen LogP contribution in [0.15, 0.2) is 76.1 Å². The van der Waals surface area contributed by atoms with Crippen LogP contribution in [0.1, 0.15) is 43.2 Å². The first kappa shape index (κ1) is 25.3. The number of pyridine rings is 1. The number of aryl methyl sites for hydroxylation is 3. The van der Waals surface area contributed by atoms with E-state index >= 15 is 0 Å². The first-order chi connectivity index (χ1) is 17.7. The normalized spacial score (nSPS) is 11.4. The summed E-state index contributed by atoms with van der Waals surface area (Å²) < 4.78 is 17.9. The van der Waals surface area contributed by atoms with Crippen molar-refractivity contribution < 1.29 is 13.8 Å². The van der Waals surface area contributed by atoms with E-state index in [0.717, 1.165) is 11.3 Å².